The molecule has 156 valence electrons. The fraction of sp³-hybridized carbons (Fsp3) is 0.348. The van der Waals surface area contributed by atoms with E-state index in [4.69, 9.17) is 4.74 Å². The fourth-order valence-corrected chi connectivity index (χ4v) is 3.90. The molecule has 7 heteroatoms. The highest BCUT2D eigenvalue weighted by molar-refractivity contribution is 5.98. The number of carbonyl (C=O) groups excluding carboxylic acids is 3. The molecule has 0 aromatic heterocycles. The van der Waals surface area contributed by atoms with Crippen LogP contribution in [0.1, 0.15) is 29.6 Å². The second-order valence-electron chi connectivity index (χ2n) is 7.55. The van der Waals surface area contributed by atoms with Gasteiger partial charge < -0.3 is 19.9 Å². The molecule has 0 unspecified atom stereocenters. The molecule has 0 saturated carbocycles. The molecule has 1 fully saturated rings. The second-order valence-corrected chi connectivity index (χ2v) is 7.55. The van der Waals surface area contributed by atoms with Crippen molar-refractivity contribution in [1.82, 2.24) is 10.2 Å². The number of likely N-dealkylation sites (tertiary alicyclic amines) is 1. The highest BCUT2D eigenvalue weighted by Crippen LogP contribution is 2.31. The van der Waals surface area contributed by atoms with Gasteiger partial charge in [0.05, 0.1) is 5.69 Å². The van der Waals surface area contributed by atoms with Gasteiger partial charge in [-0.15, -0.1) is 0 Å². The van der Waals surface area contributed by atoms with Crippen LogP contribution in [-0.2, 0) is 9.59 Å². The zero-order valence-corrected chi connectivity index (χ0v) is 16.8. The van der Waals surface area contributed by atoms with Crippen molar-refractivity contribution in [2.75, 3.05) is 31.1 Å². The first-order valence-corrected chi connectivity index (χ1v) is 10.3. The molecule has 2 aromatic rings. The van der Waals surface area contributed by atoms with Gasteiger partial charge in [-0.2, -0.15) is 0 Å². The van der Waals surface area contributed by atoms with Crippen molar-refractivity contribution >= 4 is 23.4 Å². The van der Waals surface area contributed by atoms with E-state index in [1.165, 1.54) is 0 Å². The van der Waals surface area contributed by atoms with Crippen molar-refractivity contribution in [1.29, 1.82) is 0 Å². The molecule has 2 aliphatic heterocycles. The average Bonchev–Trinajstić information content (AvgIpc) is 2.79. The summed E-state index contributed by atoms with van der Waals surface area (Å²) in [7, 11) is 0. The number of anilines is 1. The summed E-state index contributed by atoms with van der Waals surface area (Å²) in [5, 5.41) is 3.05. The summed E-state index contributed by atoms with van der Waals surface area (Å²) < 4.78 is 5.44. The average molecular weight is 407 g/mol. The Morgan fingerprint density at radius 1 is 1.00 bits per heavy atom. The zero-order valence-electron chi connectivity index (χ0n) is 16.8. The van der Waals surface area contributed by atoms with Gasteiger partial charge in [0.1, 0.15) is 5.75 Å². The van der Waals surface area contributed by atoms with Crippen LogP contribution in [-0.4, -0.2) is 54.9 Å². The number of hydrogen-bond donors (Lipinski definition) is 1. The maximum Gasteiger partial charge on any atom is 0.265 e. The van der Waals surface area contributed by atoms with Crippen LogP contribution in [0.3, 0.4) is 0 Å². The van der Waals surface area contributed by atoms with Crippen LogP contribution in [0.25, 0.3) is 0 Å². The number of amides is 3. The lowest BCUT2D eigenvalue weighted by atomic mass is 10.0. The molecule has 2 aromatic carbocycles. The Morgan fingerprint density at radius 3 is 2.47 bits per heavy atom. The molecule has 0 spiro atoms. The lowest BCUT2D eigenvalue weighted by Crippen LogP contribution is -2.47. The molecule has 3 amide bonds. The number of benzene rings is 2. The summed E-state index contributed by atoms with van der Waals surface area (Å²) in [6.07, 6.45) is 1.72. The summed E-state index contributed by atoms with van der Waals surface area (Å²) in [5.74, 6) is 0.479. The van der Waals surface area contributed by atoms with E-state index in [0.717, 1.165) is 12.8 Å². The van der Waals surface area contributed by atoms with E-state index in [2.05, 4.69) is 5.32 Å². The fourth-order valence-electron chi connectivity index (χ4n) is 3.90. The van der Waals surface area contributed by atoms with Crippen LogP contribution < -0.4 is 15.0 Å². The number of rotatable bonds is 5. The van der Waals surface area contributed by atoms with Crippen LogP contribution in [0.4, 0.5) is 5.69 Å². The molecule has 2 heterocycles. The number of para-hydroxylation sites is 2. The molecule has 0 aliphatic carbocycles. The van der Waals surface area contributed by atoms with Gasteiger partial charge in [0.2, 0.25) is 5.91 Å². The lowest BCUT2D eigenvalue weighted by Gasteiger charge is -2.33. The Labute approximate surface area is 175 Å². The van der Waals surface area contributed by atoms with Crippen LogP contribution >= 0.6 is 0 Å². The van der Waals surface area contributed by atoms with Gasteiger partial charge in [0.15, 0.2) is 6.61 Å². The predicted octanol–water partition coefficient (Wildman–Crippen LogP) is 2.22. The summed E-state index contributed by atoms with van der Waals surface area (Å²) in [6, 6.07) is 16.6. The smallest absolute Gasteiger partial charge is 0.265 e. The first-order chi connectivity index (χ1) is 14.6. The van der Waals surface area contributed by atoms with E-state index in [-0.39, 0.29) is 36.8 Å². The third-order valence-electron chi connectivity index (χ3n) is 5.58. The predicted molar refractivity (Wildman–Crippen MR) is 112 cm³/mol. The number of ether oxygens (including phenoxy) is 1. The Balaban J connectivity index is 1.26. The minimum absolute atomic E-state index is 0.00227. The molecule has 7 nitrogen and oxygen atoms in total. The van der Waals surface area contributed by atoms with Crippen LogP contribution in [0.15, 0.2) is 54.6 Å². The van der Waals surface area contributed by atoms with Gasteiger partial charge in [-0.05, 0) is 37.1 Å². The maximum atomic E-state index is 12.7. The molecule has 30 heavy (non-hydrogen) atoms. The Bertz CT molecular complexity index is 923. The monoisotopic (exact) mass is 407 g/mol. The van der Waals surface area contributed by atoms with Crippen molar-refractivity contribution in [2.45, 2.75) is 25.3 Å². The van der Waals surface area contributed by atoms with Crippen molar-refractivity contribution < 1.29 is 19.1 Å². The summed E-state index contributed by atoms with van der Waals surface area (Å²) in [5.41, 5.74) is 1.36. The lowest BCUT2D eigenvalue weighted by molar-refractivity contribution is -0.132. The SMILES string of the molecule is O=C(NC1CCN(C(=O)CCN2C(=O)COc3ccccc32)CC1)c1ccccc1. The molecule has 0 bridgehead atoms. The standard InChI is InChI=1S/C23H25N3O4/c27-21(12-15-26-19-8-4-5-9-20(19)30-16-22(26)28)25-13-10-18(11-14-25)24-23(29)17-6-2-1-3-7-17/h1-9,18H,10-16H2,(H,24,29). The second kappa shape index (κ2) is 8.98. The van der Waals surface area contributed by atoms with Crippen LogP contribution in [0.2, 0.25) is 0 Å². The largest absolute Gasteiger partial charge is 0.482 e. The normalized spacial score (nSPS) is 16.6. The minimum Gasteiger partial charge on any atom is -0.482 e. The molecule has 4 rings (SSSR count). The number of fused-ring (bicyclic) bond motifs is 1. The van der Waals surface area contributed by atoms with Crippen molar-refractivity contribution in [3.05, 3.63) is 60.2 Å². The van der Waals surface area contributed by atoms with Crippen molar-refractivity contribution in [3.8, 4) is 5.75 Å². The zero-order chi connectivity index (χ0) is 20.9. The van der Waals surface area contributed by atoms with Crippen molar-refractivity contribution in [3.63, 3.8) is 0 Å². The number of carbonyl (C=O) groups is 3. The van der Waals surface area contributed by atoms with Gasteiger partial charge in [0, 0.05) is 37.7 Å². The highest BCUT2D eigenvalue weighted by atomic mass is 16.5. The maximum absolute atomic E-state index is 12.7. The first kappa shape index (κ1) is 19.9. The molecular weight excluding hydrogens is 382 g/mol. The van der Waals surface area contributed by atoms with Gasteiger partial charge in [-0.25, -0.2) is 0 Å². The molecule has 1 N–H and O–H groups in total. The third-order valence-corrected chi connectivity index (χ3v) is 5.58. The van der Waals surface area contributed by atoms with E-state index < -0.39 is 0 Å². The van der Waals surface area contributed by atoms with E-state index in [1.54, 1.807) is 17.0 Å². The number of piperidine rings is 1. The van der Waals surface area contributed by atoms with Crippen LogP contribution in [0, 0.1) is 0 Å². The van der Waals surface area contributed by atoms with Crippen LogP contribution in [0.5, 0.6) is 5.75 Å². The number of nitrogens with zero attached hydrogens (tertiary/aromatic N) is 2. The quantitative estimate of drug-likeness (QED) is 0.824. The molecule has 1 saturated heterocycles. The van der Waals surface area contributed by atoms with Gasteiger partial charge in [0.25, 0.3) is 11.8 Å². The topological polar surface area (TPSA) is 79.0 Å². The highest BCUT2D eigenvalue weighted by Gasteiger charge is 2.28. The molecular formula is C23H25N3O4. The number of hydrogen-bond acceptors (Lipinski definition) is 4. The Hall–Kier alpha value is -3.35. The van der Waals surface area contributed by atoms with Gasteiger partial charge in [-0.1, -0.05) is 30.3 Å². The minimum atomic E-state index is -0.135. The number of nitrogens with one attached hydrogen (secondary N) is 1. The van der Waals surface area contributed by atoms with E-state index in [1.807, 2.05) is 47.4 Å². The van der Waals surface area contributed by atoms with E-state index in [9.17, 15) is 14.4 Å². The molecule has 0 radical (unpaired) electrons. The molecule has 0 atom stereocenters. The van der Waals surface area contributed by atoms with Gasteiger partial charge in [-0.3, -0.25) is 14.4 Å². The van der Waals surface area contributed by atoms with E-state index in [0.29, 0.717) is 36.6 Å². The first-order valence-electron chi connectivity index (χ1n) is 10.3. The van der Waals surface area contributed by atoms with Crippen molar-refractivity contribution in [2.24, 2.45) is 0 Å². The summed E-state index contributed by atoms with van der Waals surface area (Å²) in [6.45, 7) is 1.54. The molecule has 2 aliphatic rings. The van der Waals surface area contributed by atoms with E-state index >= 15 is 0 Å². The summed E-state index contributed by atoms with van der Waals surface area (Å²) >= 11 is 0. The third kappa shape index (κ3) is 4.45. The Kier molecular flexibility index (Phi) is 5.97. The van der Waals surface area contributed by atoms with Gasteiger partial charge >= 0.3 is 0 Å². The summed E-state index contributed by atoms with van der Waals surface area (Å²) in [4.78, 5) is 40.7. The Morgan fingerprint density at radius 2 is 1.70 bits per heavy atom.